The quantitative estimate of drug-likeness (QED) is 0.766. The molecular formula is C18H18N2S. The Hall–Kier alpha value is -1.71. The average molecular weight is 294 g/mol. The zero-order chi connectivity index (χ0) is 14.2. The molecule has 1 atom stereocenters. The number of benzene rings is 1. The fourth-order valence-electron chi connectivity index (χ4n) is 2.94. The highest BCUT2D eigenvalue weighted by Crippen LogP contribution is 2.36. The molecule has 3 aromatic rings. The van der Waals surface area contributed by atoms with Crippen molar-refractivity contribution in [1.29, 1.82) is 0 Å². The Morgan fingerprint density at radius 1 is 1.10 bits per heavy atom. The van der Waals surface area contributed by atoms with E-state index in [0.29, 0.717) is 0 Å². The van der Waals surface area contributed by atoms with Gasteiger partial charge in [-0.15, -0.1) is 11.3 Å². The molecule has 0 radical (unpaired) electrons. The van der Waals surface area contributed by atoms with E-state index < -0.39 is 0 Å². The average Bonchev–Trinajstić information content (AvgIpc) is 2.93. The van der Waals surface area contributed by atoms with Gasteiger partial charge in [0.2, 0.25) is 0 Å². The molecule has 1 aliphatic carbocycles. The van der Waals surface area contributed by atoms with Crippen LogP contribution in [0.1, 0.15) is 47.9 Å². The lowest BCUT2D eigenvalue weighted by Crippen LogP contribution is -2.13. The van der Waals surface area contributed by atoms with Gasteiger partial charge in [0, 0.05) is 6.20 Å². The van der Waals surface area contributed by atoms with E-state index in [-0.39, 0.29) is 6.04 Å². The summed E-state index contributed by atoms with van der Waals surface area (Å²) in [4.78, 5) is 4.49. The second kappa shape index (κ2) is 5.24. The first-order valence-electron chi connectivity index (χ1n) is 7.50. The maximum Gasteiger partial charge on any atom is 0.0809 e. The van der Waals surface area contributed by atoms with E-state index in [1.54, 1.807) is 11.3 Å². The lowest BCUT2D eigenvalue weighted by atomic mass is 9.80. The highest BCUT2D eigenvalue weighted by molar-refractivity contribution is 7.17. The molecule has 2 N–H and O–H groups in total. The number of pyridine rings is 1. The molecule has 1 aliphatic rings. The summed E-state index contributed by atoms with van der Waals surface area (Å²) in [6, 6.07) is 13.0. The van der Waals surface area contributed by atoms with E-state index in [1.807, 2.05) is 12.3 Å². The van der Waals surface area contributed by atoms with Crippen LogP contribution in [0.3, 0.4) is 0 Å². The first-order valence-corrected chi connectivity index (χ1v) is 8.38. The van der Waals surface area contributed by atoms with Crippen LogP contribution in [0.15, 0.2) is 48.0 Å². The van der Waals surface area contributed by atoms with Crippen LogP contribution < -0.4 is 5.73 Å². The molecule has 2 aromatic heterocycles. The fourth-order valence-corrected chi connectivity index (χ4v) is 3.73. The highest BCUT2D eigenvalue weighted by Gasteiger charge is 2.19. The van der Waals surface area contributed by atoms with E-state index in [2.05, 4.69) is 40.7 Å². The molecule has 2 nitrogen and oxygen atoms in total. The summed E-state index contributed by atoms with van der Waals surface area (Å²) in [6.45, 7) is 0. The second-order valence-corrected chi connectivity index (χ2v) is 6.79. The first-order chi connectivity index (χ1) is 10.3. The molecule has 0 bridgehead atoms. The number of fused-ring (bicyclic) bond motifs is 1. The normalized spacial score (nSPS) is 16.8. The predicted octanol–water partition coefficient (Wildman–Crippen LogP) is 4.61. The topological polar surface area (TPSA) is 38.9 Å². The predicted molar refractivity (Wildman–Crippen MR) is 88.7 cm³/mol. The van der Waals surface area contributed by atoms with Crippen molar-refractivity contribution in [1.82, 2.24) is 4.98 Å². The third kappa shape index (κ3) is 2.37. The van der Waals surface area contributed by atoms with Crippen molar-refractivity contribution in [3.63, 3.8) is 0 Å². The van der Waals surface area contributed by atoms with Crippen LogP contribution in [0.4, 0.5) is 0 Å². The number of nitrogens with zero attached hydrogens (tertiary/aromatic N) is 1. The van der Waals surface area contributed by atoms with Crippen molar-refractivity contribution in [2.24, 2.45) is 5.73 Å². The summed E-state index contributed by atoms with van der Waals surface area (Å²) in [6.07, 6.45) is 5.95. The van der Waals surface area contributed by atoms with Gasteiger partial charge < -0.3 is 5.73 Å². The third-order valence-corrected chi connectivity index (χ3v) is 5.41. The number of hydrogen-bond donors (Lipinski definition) is 1. The Bertz CT molecular complexity index is 756. The van der Waals surface area contributed by atoms with Gasteiger partial charge in [-0.3, -0.25) is 4.98 Å². The molecule has 0 amide bonds. The van der Waals surface area contributed by atoms with Gasteiger partial charge in [-0.1, -0.05) is 30.7 Å². The lowest BCUT2D eigenvalue weighted by molar-refractivity contribution is 0.419. The molecular weight excluding hydrogens is 276 g/mol. The molecule has 1 unspecified atom stereocenters. The highest BCUT2D eigenvalue weighted by atomic mass is 32.1. The number of aromatic nitrogens is 1. The summed E-state index contributed by atoms with van der Waals surface area (Å²) in [7, 11) is 0. The van der Waals surface area contributed by atoms with Gasteiger partial charge in [0.1, 0.15) is 0 Å². The molecule has 106 valence electrons. The van der Waals surface area contributed by atoms with Crippen molar-refractivity contribution in [2.75, 3.05) is 0 Å². The first kappa shape index (κ1) is 13.0. The largest absolute Gasteiger partial charge is 0.320 e. The minimum absolute atomic E-state index is 0.0977. The number of rotatable bonds is 3. The van der Waals surface area contributed by atoms with E-state index >= 15 is 0 Å². The molecule has 0 aliphatic heterocycles. The third-order valence-electron chi connectivity index (χ3n) is 4.56. The molecule has 21 heavy (non-hydrogen) atoms. The Morgan fingerprint density at radius 2 is 1.90 bits per heavy atom. The summed E-state index contributed by atoms with van der Waals surface area (Å²) >= 11 is 1.71. The number of nitrogens with two attached hydrogens (primary N) is 1. The van der Waals surface area contributed by atoms with Gasteiger partial charge in [-0.2, -0.15) is 0 Å². The lowest BCUT2D eigenvalue weighted by Gasteiger charge is -2.26. The maximum absolute atomic E-state index is 6.41. The van der Waals surface area contributed by atoms with Crippen molar-refractivity contribution in [2.45, 2.75) is 31.2 Å². The van der Waals surface area contributed by atoms with Crippen molar-refractivity contribution >= 4 is 21.6 Å². The van der Waals surface area contributed by atoms with Gasteiger partial charge in [-0.05, 0) is 53.0 Å². The minimum atomic E-state index is -0.0977. The molecule has 4 rings (SSSR count). The van der Waals surface area contributed by atoms with E-state index in [4.69, 9.17) is 5.73 Å². The van der Waals surface area contributed by atoms with Crippen molar-refractivity contribution < 1.29 is 0 Å². The van der Waals surface area contributed by atoms with Gasteiger partial charge in [0.15, 0.2) is 0 Å². The second-order valence-electron chi connectivity index (χ2n) is 5.84. The summed E-state index contributed by atoms with van der Waals surface area (Å²) in [5.41, 5.74) is 11.2. The monoisotopic (exact) mass is 294 g/mol. The minimum Gasteiger partial charge on any atom is -0.320 e. The molecule has 1 saturated carbocycles. The van der Waals surface area contributed by atoms with Crippen LogP contribution >= 0.6 is 11.3 Å². The molecule has 1 fully saturated rings. The summed E-state index contributed by atoms with van der Waals surface area (Å²) in [5, 5.41) is 2.07. The number of thiophene rings is 1. The smallest absolute Gasteiger partial charge is 0.0809 e. The maximum atomic E-state index is 6.41. The van der Waals surface area contributed by atoms with Gasteiger partial charge in [0.25, 0.3) is 0 Å². The Kier molecular flexibility index (Phi) is 3.24. The van der Waals surface area contributed by atoms with Crippen LogP contribution in [0.25, 0.3) is 10.2 Å². The van der Waals surface area contributed by atoms with Gasteiger partial charge in [0.05, 0.1) is 16.3 Å². The Morgan fingerprint density at radius 3 is 2.62 bits per heavy atom. The summed E-state index contributed by atoms with van der Waals surface area (Å²) < 4.78 is 1.20. The Labute approximate surface area is 128 Å². The zero-order valence-electron chi connectivity index (χ0n) is 11.8. The van der Waals surface area contributed by atoms with Crippen molar-refractivity contribution in [3.8, 4) is 0 Å². The molecule has 3 heteroatoms. The van der Waals surface area contributed by atoms with E-state index in [0.717, 1.165) is 22.6 Å². The SMILES string of the molecule is NC(c1ccc(C2CCC2)cc1)c1cnc2ccsc2c1. The van der Waals surface area contributed by atoms with Crippen LogP contribution in [-0.2, 0) is 0 Å². The molecule has 1 aromatic carbocycles. The van der Waals surface area contributed by atoms with Crippen LogP contribution in [0, 0.1) is 0 Å². The van der Waals surface area contributed by atoms with Crippen LogP contribution in [0.2, 0.25) is 0 Å². The van der Waals surface area contributed by atoms with Crippen LogP contribution in [0.5, 0.6) is 0 Å². The zero-order valence-corrected chi connectivity index (χ0v) is 12.6. The molecule has 0 saturated heterocycles. The Balaban J connectivity index is 1.61. The standard InChI is InChI=1S/C18H18N2S/c19-18(15-10-17-16(20-11-15)8-9-21-17)14-6-4-13(5-7-14)12-2-1-3-12/h4-12,18H,1-3,19H2. The van der Waals surface area contributed by atoms with Gasteiger partial charge >= 0.3 is 0 Å². The van der Waals surface area contributed by atoms with E-state index in [9.17, 15) is 0 Å². The van der Waals surface area contributed by atoms with Gasteiger partial charge in [-0.25, -0.2) is 0 Å². The molecule has 0 spiro atoms. The number of hydrogen-bond acceptors (Lipinski definition) is 3. The van der Waals surface area contributed by atoms with Crippen LogP contribution in [-0.4, -0.2) is 4.98 Å². The van der Waals surface area contributed by atoms with E-state index in [1.165, 1.54) is 29.5 Å². The fraction of sp³-hybridized carbons (Fsp3) is 0.278. The summed E-state index contributed by atoms with van der Waals surface area (Å²) in [5.74, 6) is 0.777. The van der Waals surface area contributed by atoms with Crippen molar-refractivity contribution in [3.05, 3.63) is 64.7 Å². The molecule has 2 heterocycles.